The first-order chi connectivity index (χ1) is 6.59. The molecule has 0 atom stereocenters. The number of aliphatic carboxylic acids is 1. The Morgan fingerprint density at radius 2 is 2.21 bits per heavy atom. The summed E-state index contributed by atoms with van der Waals surface area (Å²) in [7, 11) is 0. The van der Waals surface area contributed by atoms with Gasteiger partial charge in [-0.1, -0.05) is 0 Å². The molecule has 1 aliphatic rings. The fourth-order valence-corrected chi connectivity index (χ4v) is 1.23. The van der Waals surface area contributed by atoms with Crippen molar-refractivity contribution in [3.05, 3.63) is 0 Å². The number of carbonyl (C=O) groups excluding carboxylic acids is 2. The number of rotatable bonds is 4. The minimum atomic E-state index is -0.890. The molecule has 0 aromatic rings. The van der Waals surface area contributed by atoms with E-state index in [2.05, 4.69) is 5.32 Å². The second kappa shape index (κ2) is 4.59. The van der Waals surface area contributed by atoms with E-state index in [9.17, 15) is 14.4 Å². The second-order valence-corrected chi connectivity index (χ2v) is 3.09. The molecular weight excluding hydrogens is 188 g/mol. The summed E-state index contributed by atoms with van der Waals surface area (Å²) in [5.41, 5.74) is 0. The monoisotopic (exact) mass is 200 g/mol. The van der Waals surface area contributed by atoms with Crippen molar-refractivity contribution in [2.24, 2.45) is 0 Å². The quantitative estimate of drug-likeness (QED) is 0.597. The molecule has 1 fully saturated rings. The van der Waals surface area contributed by atoms with Crippen LogP contribution < -0.4 is 5.32 Å². The average Bonchev–Trinajstić information content (AvgIpc) is 2.10. The highest BCUT2D eigenvalue weighted by molar-refractivity contribution is 5.92. The normalized spacial score (nSPS) is 16.7. The molecule has 0 bridgehead atoms. The minimum absolute atomic E-state index is 0.0192. The second-order valence-electron chi connectivity index (χ2n) is 3.09. The van der Waals surface area contributed by atoms with Crippen molar-refractivity contribution in [1.29, 1.82) is 0 Å². The summed E-state index contributed by atoms with van der Waals surface area (Å²) >= 11 is 0. The highest BCUT2D eigenvalue weighted by atomic mass is 16.4. The van der Waals surface area contributed by atoms with Gasteiger partial charge in [0.15, 0.2) is 0 Å². The van der Waals surface area contributed by atoms with E-state index in [4.69, 9.17) is 5.11 Å². The lowest BCUT2D eigenvalue weighted by atomic mass is 10.2. The molecule has 0 aliphatic carbocycles. The number of nitrogens with one attached hydrogen (secondary N) is 1. The van der Waals surface area contributed by atoms with Crippen LogP contribution in [0, 0.1) is 0 Å². The van der Waals surface area contributed by atoms with Gasteiger partial charge in [-0.2, -0.15) is 0 Å². The first-order valence-corrected chi connectivity index (χ1v) is 4.36. The van der Waals surface area contributed by atoms with Gasteiger partial charge in [-0.25, -0.2) is 0 Å². The third kappa shape index (κ3) is 3.04. The molecule has 0 unspecified atom stereocenters. The maximum Gasteiger partial charge on any atom is 0.303 e. The van der Waals surface area contributed by atoms with E-state index >= 15 is 0 Å². The Morgan fingerprint density at radius 1 is 1.50 bits per heavy atom. The summed E-state index contributed by atoms with van der Waals surface area (Å²) in [6.45, 7) is 0.392. The van der Waals surface area contributed by atoms with Crippen molar-refractivity contribution in [3.63, 3.8) is 0 Å². The molecule has 0 radical (unpaired) electrons. The summed E-state index contributed by atoms with van der Waals surface area (Å²) in [5.74, 6) is -1.24. The molecular formula is C8H12N2O4. The number of hydrogen-bond acceptors (Lipinski definition) is 3. The molecule has 14 heavy (non-hydrogen) atoms. The summed E-state index contributed by atoms with van der Waals surface area (Å²) in [4.78, 5) is 33.7. The molecule has 0 saturated carbocycles. The van der Waals surface area contributed by atoms with Gasteiger partial charge in [-0.15, -0.1) is 0 Å². The van der Waals surface area contributed by atoms with E-state index in [1.807, 2.05) is 0 Å². The van der Waals surface area contributed by atoms with E-state index < -0.39 is 5.97 Å². The molecule has 0 aromatic carbocycles. The van der Waals surface area contributed by atoms with Crippen molar-refractivity contribution >= 4 is 17.8 Å². The Hall–Kier alpha value is -1.59. The van der Waals surface area contributed by atoms with E-state index in [0.717, 1.165) is 0 Å². The van der Waals surface area contributed by atoms with Crippen LogP contribution in [0.3, 0.4) is 0 Å². The van der Waals surface area contributed by atoms with E-state index in [1.165, 1.54) is 4.90 Å². The van der Waals surface area contributed by atoms with Crippen molar-refractivity contribution < 1.29 is 19.5 Å². The molecule has 1 saturated heterocycles. The molecule has 6 heteroatoms. The molecule has 2 N–H and O–H groups in total. The average molecular weight is 200 g/mol. The predicted molar refractivity (Wildman–Crippen MR) is 46.5 cm³/mol. The van der Waals surface area contributed by atoms with Gasteiger partial charge < -0.3 is 15.3 Å². The minimum Gasteiger partial charge on any atom is -0.481 e. The molecule has 0 aromatic heterocycles. The Labute approximate surface area is 80.9 Å². The lowest BCUT2D eigenvalue weighted by Gasteiger charge is -2.26. The van der Waals surface area contributed by atoms with Crippen LogP contribution in [-0.4, -0.2) is 47.4 Å². The number of hydrogen-bond donors (Lipinski definition) is 2. The standard InChI is InChI=1S/C8H12N2O4/c11-6-5-10(7(12)4-9-6)3-1-2-8(13)14/h1-5H2,(H,9,11)(H,13,14). The van der Waals surface area contributed by atoms with Gasteiger partial charge in [0.2, 0.25) is 11.8 Å². The van der Waals surface area contributed by atoms with Crippen LogP contribution in [0.4, 0.5) is 0 Å². The predicted octanol–water partition coefficient (Wildman–Crippen LogP) is -1.19. The first-order valence-electron chi connectivity index (χ1n) is 4.36. The molecule has 1 heterocycles. The lowest BCUT2D eigenvalue weighted by molar-refractivity contribution is -0.141. The van der Waals surface area contributed by atoms with Gasteiger partial charge in [0.1, 0.15) is 0 Å². The van der Waals surface area contributed by atoms with Crippen LogP contribution in [0.25, 0.3) is 0 Å². The number of carboxylic acids is 1. The molecule has 78 valence electrons. The number of carbonyl (C=O) groups is 3. The zero-order chi connectivity index (χ0) is 10.6. The summed E-state index contributed by atoms with van der Waals surface area (Å²) in [6, 6.07) is 0. The van der Waals surface area contributed by atoms with Crippen LogP contribution in [0.2, 0.25) is 0 Å². The van der Waals surface area contributed by atoms with Gasteiger partial charge >= 0.3 is 5.97 Å². The third-order valence-corrected chi connectivity index (χ3v) is 1.94. The van der Waals surface area contributed by atoms with E-state index in [1.54, 1.807) is 0 Å². The molecule has 6 nitrogen and oxygen atoms in total. The number of nitrogens with zero attached hydrogens (tertiary/aromatic N) is 1. The van der Waals surface area contributed by atoms with Gasteiger partial charge in [0, 0.05) is 13.0 Å². The molecule has 1 aliphatic heterocycles. The SMILES string of the molecule is O=C(O)CCCN1CC(=O)NCC1=O. The van der Waals surface area contributed by atoms with Crippen LogP contribution >= 0.6 is 0 Å². The zero-order valence-electron chi connectivity index (χ0n) is 7.65. The fraction of sp³-hybridized carbons (Fsp3) is 0.625. The largest absolute Gasteiger partial charge is 0.481 e. The Balaban J connectivity index is 2.31. The van der Waals surface area contributed by atoms with Crippen molar-refractivity contribution in [2.45, 2.75) is 12.8 Å². The maximum absolute atomic E-state index is 11.2. The molecule has 1 rings (SSSR count). The topological polar surface area (TPSA) is 86.7 Å². The smallest absolute Gasteiger partial charge is 0.303 e. The highest BCUT2D eigenvalue weighted by Gasteiger charge is 2.22. The maximum atomic E-state index is 11.2. The van der Waals surface area contributed by atoms with Gasteiger partial charge in [-0.3, -0.25) is 14.4 Å². The Kier molecular flexibility index (Phi) is 3.44. The van der Waals surface area contributed by atoms with E-state index in [0.29, 0.717) is 13.0 Å². The Bertz CT molecular complexity index is 264. The van der Waals surface area contributed by atoms with Crippen molar-refractivity contribution in [3.8, 4) is 0 Å². The number of amides is 2. The fourth-order valence-electron chi connectivity index (χ4n) is 1.23. The summed E-state index contributed by atoms with van der Waals surface area (Å²) in [5, 5.41) is 10.8. The Morgan fingerprint density at radius 3 is 2.86 bits per heavy atom. The number of carboxylic acid groups (broad SMARTS) is 1. The van der Waals surface area contributed by atoms with Crippen LogP contribution in [-0.2, 0) is 14.4 Å². The van der Waals surface area contributed by atoms with Crippen molar-refractivity contribution in [1.82, 2.24) is 10.2 Å². The molecule has 0 spiro atoms. The lowest BCUT2D eigenvalue weighted by Crippen LogP contribution is -2.51. The highest BCUT2D eigenvalue weighted by Crippen LogP contribution is 1.99. The number of piperazine rings is 1. The van der Waals surface area contributed by atoms with Crippen LogP contribution in [0.1, 0.15) is 12.8 Å². The van der Waals surface area contributed by atoms with Gasteiger partial charge in [-0.05, 0) is 6.42 Å². The first kappa shape index (κ1) is 10.5. The van der Waals surface area contributed by atoms with Crippen LogP contribution in [0.5, 0.6) is 0 Å². The third-order valence-electron chi connectivity index (χ3n) is 1.94. The van der Waals surface area contributed by atoms with Gasteiger partial charge in [0.05, 0.1) is 13.1 Å². The van der Waals surface area contributed by atoms with Crippen LogP contribution in [0.15, 0.2) is 0 Å². The van der Waals surface area contributed by atoms with Crippen molar-refractivity contribution in [2.75, 3.05) is 19.6 Å². The zero-order valence-corrected chi connectivity index (χ0v) is 7.65. The van der Waals surface area contributed by atoms with Gasteiger partial charge in [0.25, 0.3) is 0 Å². The summed E-state index contributed by atoms with van der Waals surface area (Å²) < 4.78 is 0. The molecule has 2 amide bonds. The van der Waals surface area contributed by atoms with E-state index in [-0.39, 0.29) is 31.3 Å². The summed E-state index contributed by atoms with van der Waals surface area (Å²) in [6.07, 6.45) is 0.403.